The number of hydrogen-bond acceptors (Lipinski definition) is 8. The number of methoxy groups -OCH3 is 2. The van der Waals surface area contributed by atoms with Crippen molar-refractivity contribution in [1.29, 1.82) is 0 Å². The first-order chi connectivity index (χ1) is 13.4. The van der Waals surface area contributed by atoms with Crippen LogP contribution < -0.4 is 14.8 Å². The van der Waals surface area contributed by atoms with Crippen molar-refractivity contribution in [2.24, 2.45) is 0 Å². The average molecular weight is 405 g/mol. The van der Waals surface area contributed by atoms with Gasteiger partial charge in [0.1, 0.15) is 11.5 Å². The minimum absolute atomic E-state index is 0.0414. The number of amides is 1. The molecule has 3 aromatic rings. The molecule has 0 aliphatic carbocycles. The summed E-state index contributed by atoms with van der Waals surface area (Å²) in [5.41, 5.74) is 0.117. The Morgan fingerprint density at radius 2 is 1.96 bits per heavy atom. The predicted octanol–water partition coefficient (Wildman–Crippen LogP) is 3.57. The van der Waals surface area contributed by atoms with Crippen molar-refractivity contribution < 1.29 is 23.6 Å². The number of nitrogens with one attached hydrogen (secondary N) is 1. The van der Waals surface area contributed by atoms with Gasteiger partial charge in [-0.1, -0.05) is 16.7 Å². The number of halogens is 1. The van der Waals surface area contributed by atoms with Crippen molar-refractivity contribution in [3.63, 3.8) is 0 Å². The molecule has 0 fully saturated rings. The maximum atomic E-state index is 12.4. The Balaban J connectivity index is 1.85. The molecule has 0 saturated heterocycles. The number of hydrogen-bond donors (Lipinski definition) is 1. The van der Waals surface area contributed by atoms with E-state index < -0.39 is 10.8 Å². The van der Waals surface area contributed by atoms with Crippen LogP contribution in [0.4, 0.5) is 11.7 Å². The molecule has 144 valence electrons. The molecule has 0 radical (unpaired) electrons. The highest BCUT2D eigenvalue weighted by molar-refractivity contribution is 6.34. The SMILES string of the molecule is COc1ccc(-c2nnc(NC(=O)c3cc([N+](=O)[O-])ccc3Cl)o2)c(OC)c1. The fourth-order valence-corrected chi connectivity index (χ4v) is 2.53. The molecule has 2 aromatic carbocycles. The number of nitrogens with zero attached hydrogens (tertiary/aromatic N) is 3. The van der Waals surface area contributed by atoms with Gasteiger partial charge < -0.3 is 13.9 Å². The molecule has 1 aromatic heterocycles. The number of carbonyl (C=O) groups is 1. The van der Waals surface area contributed by atoms with E-state index in [9.17, 15) is 14.9 Å². The van der Waals surface area contributed by atoms with E-state index in [0.717, 1.165) is 6.07 Å². The molecule has 11 heteroatoms. The standard InChI is InChI=1S/C17H13ClN4O6/c1-26-10-4-5-11(14(8-10)27-2)16-20-21-17(28-16)19-15(23)12-7-9(22(24)25)3-6-13(12)18/h3-8H,1-2H3,(H,19,21,23). The Morgan fingerprint density at radius 3 is 2.64 bits per heavy atom. The van der Waals surface area contributed by atoms with Crippen molar-refractivity contribution in [1.82, 2.24) is 10.2 Å². The van der Waals surface area contributed by atoms with E-state index >= 15 is 0 Å². The largest absolute Gasteiger partial charge is 0.497 e. The van der Waals surface area contributed by atoms with Gasteiger partial charge in [-0.05, 0) is 18.2 Å². The molecule has 0 aliphatic heterocycles. The third-order valence-electron chi connectivity index (χ3n) is 3.69. The molecule has 0 bridgehead atoms. The lowest BCUT2D eigenvalue weighted by Crippen LogP contribution is -2.13. The summed E-state index contributed by atoms with van der Waals surface area (Å²) in [4.78, 5) is 22.6. The summed E-state index contributed by atoms with van der Waals surface area (Å²) in [7, 11) is 3.00. The minimum atomic E-state index is -0.731. The minimum Gasteiger partial charge on any atom is -0.497 e. The predicted molar refractivity (Wildman–Crippen MR) is 98.9 cm³/mol. The van der Waals surface area contributed by atoms with E-state index in [-0.39, 0.29) is 28.2 Å². The summed E-state index contributed by atoms with van der Waals surface area (Å²) in [5, 5.41) is 20.9. The van der Waals surface area contributed by atoms with Crippen LogP contribution in [0.3, 0.4) is 0 Å². The average Bonchev–Trinajstić information content (AvgIpc) is 3.15. The molecule has 1 heterocycles. The zero-order valence-corrected chi connectivity index (χ0v) is 15.4. The highest BCUT2D eigenvalue weighted by Crippen LogP contribution is 2.33. The Labute approximate surface area is 163 Å². The van der Waals surface area contributed by atoms with Crippen LogP contribution in [-0.4, -0.2) is 35.2 Å². The van der Waals surface area contributed by atoms with E-state index in [4.69, 9.17) is 25.5 Å². The van der Waals surface area contributed by atoms with Gasteiger partial charge in [0.05, 0.1) is 35.3 Å². The first-order valence-electron chi connectivity index (χ1n) is 7.74. The van der Waals surface area contributed by atoms with Gasteiger partial charge in [-0.2, -0.15) is 0 Å². The Bertz CT molecular complexity index is 1050. The maximum absolute atomic E-state index is 12.4. The van der Waals surface area contributed by atoms with Crippen LogP contribution in [0.25, 0.3) is 11.5 Å². The van der Waals surface area contributed by atoms with Crippen molar-refractivity contribution in [2.45, 2.75) is 0 Å². The molecule has 1 N–H and O–H groups in total. The fourth-order valence-electron chi connectivity index (χ4n) is 2.32. The summed E-state index contributed by atoms with van der Waals surface area (Å²) in [6, 6.07) is 8.29. The molecule has 10 nitrogen and oxygen atoms in total. The van der Waals surface area contributed by atoms with Crippen LogP contribution in [0.2, 0.25) is 5.02 Å². The second-order valence-corrected chi connectivity index (χ2v) is 5.76. The molecule has 0 spiro atoms. The van der Waals surface area contributed by atoms with Gasteiger partial charge in [0, 0.05) is 18.2 Å². The molecule has 3 rings (SSSR count). The van der Waals surface area contributed by atoms with Crippen LogP contribution in [0.1, 0.15) is 10.4 Å². The van der Waals surface area contributed by atoms with Crippen LogP contribution in [-0.2, 0) is 0 Å². The first kappa shape index (κ1) is 19.1. The summed E-state index contributed by atoms with van der Waals surface area (Å²) < 4.78 is 15.8. The molecule has 1 amide bonds. The fraction of sp³-hybridized carbons (Fsp3) is 0.118. The second-order valence-electron chi connectivity index (χ2n) is 5.35. The molecular formula is C17H13ClN4O6. The molecule has 0 saturated carbocycles. The normalized spacial score (nSPS) is 10.4. The van der Waals surface area contributed by atoms with E-state index in [1.165, 1.54) is 26.4 Å². The lowest BCUT2D eigenvalue weighted by Gasteiger charge is -2.07. The zero-order valence-electron chi connectivity index (χ0n) is 14.6. The number of nitro benzene ring substituents is 1. The number of anilines is 1. The topological polar surface area (TPSA) is 130 Å². The first-order valence-corrected chi connectivity index (χ1v) is 8.12. The van der Waals surface area contributed by atoms with Crippen molar-refractivity contribution >= 4 is 29.2 Å². The van der Waals surface area contributed by atoms with E-state index in [1.54, 1.807) is 18.2 Å². The van der Waals surface area contributed by atoms with Gasteiger partial charge in [0.15, 0.2) is 0 Å². The quantitative estimate of drug-likeness (QED) is 0.487. The summed E-state index contributed by atoms with van der Waals surface area (Å²) in [6.45, 7) is 0. The third kappa shape index (κ3) is 3.86. The number of benzene rings is 2. The Hall–Kier alpha value is -3.66. The lowest BCUT2D eigenvalue weighted by molar-refractivity contribution is -0.384. The van der Waals surface area contributed by atoms with Crippen LogP contribution in [0.5, 0.6) is 11.5 Å². The van der Waals surface area contributed by atoms with Crippen LogP contribution in [0.15, 0.2) is 40.8 Å². The molecule has 0 aliphatic rings. The van der Waals surface area contributed by atoms with E-state index in [1.807, 2.05) is 0 Å². The molecule has 0 atom stereocenters. The van der Waals surface area contributed by atoms with Gasteiger partial charge in [-0.25, -0.2) is 0 Å². The second kappa shape index (κ2) is 7.92. The van der Waals surface area contributed by atoms with Crippen molar-refractivity contribution in [2.75, 3.05) is 19.5 Å². The highest BCUT2D eigenvalue weighted by atomic mass is 35.5. The lowest BCUT2D eigenvalue weighted by atomic mass is 10.2. The van der Waals surface area contributed by atoms with Gasteiger partial charge in [0.25, 0.3) is 17.5 Å². The number of nitro groups is 1. The Kier molecular flexibility index (Phi) is 5.41. The van der Waals surface area contributed by atoms with E-state index in [0.29, 0.717) is 17.1 Å². The number of carbonyl (C=O) groups excluding carboxylic acids is 1. The van der Waals surface area contributed by atoms with Crippen molar-refractivity contribution in [3.05, 3.63) is 57.1 Å². The number of rotatable bonds is 6. The smallest absolute Gasteiger partial charge is 0.322 e. The number of aromatic nitrogens is 2. The molecule has 28 heavy (non-hydrogen) atoms. The molecule has 0 unspecified atom stereocenters. The van der Waals surface area contributed by atoms with Gasteiger partial charge in [0.2, 0.25) is 0 Å². The van der Waals surface area contributed by atoms with Gasteiger partial charge in [-0.3, -0.25) is 20.2 Å². The van der Waals surface area contributed by atoms with Crippen molar-refractivity contribution in [3.8, 4) is 23.0 Å². The van der Waals surface area contributed by atoms with Crippen LogP contribution >= 0.6 is 11.6 Å². The monoisotopic (exact) mass is 404 g/mol. The number of ether oxygens (including phenoxy) is 2. The van der Waals surface area contributed by atoms with Gasteiger partial charge >= 0.3 is 6.01 Å². The summed E-state index contributed by atoms with van der Waals surface area (Å²) in [5.74, 6) is 0.377. The van der Waals surface area contributed by atoms with Crippen LogP contribution in [0, 0.1) is 10.1 Å². The van der Waals surface area contributed by atoms with E-state index in [2.05, 4.69) is 15.5 Å². The molecular weight excluding hydrogens is 392 g/mol. The summed E-state index contributed by atoms with van der Waals surface area (Å²) >= 11 is 5.95. The Morgan fingerprint density at radius 1 is 1.18 bits per heavy atom. The zero-order chi connectivity index (χ0) is 20.3. The highest BCUT2D eigenvalue weighted by Gasteiger charge is 2.19. The third-order valence-corrected chi connectivity index (χ3v) is 4.02. The maximum Gasteiger partial charge on any atom is 0.322 e. The van der Waals surface area contributed by atoms with Gasteiger partial charge in [-0.15, -0.1) is 5.10 Å². The number of non-ortho nitro benzene ring substituents is 1. The summed E-state index contributed by atoms with van der Waals surface area (Å²) in [6.07, 6.45) is 0.